The van der Waals surface area contributed by atoms with Gasteiger partial charge in [0.15, 0.2) is 23.2 Å². The molecule has 0 atom stereocenters. The standard InChI is InChI=1S/C58H36N6/c1-59-44-30-25-38(26-31-44)43-27-32-48-46-21-11-14-24-52(46)64(55(48)37-43)54-34-29-42(41-28-33-53-49(35-41)47-22-12-13-23-51(47)63(53)45-19-9-4-10-20-45)36-50(54)58-61-56(39-15-5-2-6-16-39)60-57(62-58)40-17-7-3-8-18-40/h2-37H. The van der Waals surface area contributed by atoms with E-state index in [9.17, 15) is 0 Å². The summed E-state index contributed by atoms with van der Waals surface area (Å²) in [7, 11) is 0. The second-order valence-corrected chi connectivity index (χ2v) is 15.9. The molecular weight excluding hydrogens is 781 g/mol. The first-order valence-electron chi connectivity index (χ1n) is 21.3. The Balaban J connectivity index is 1.13. The van der Waals surface area contributed by atoms with Gasteiger partial charge in [0, 0.05) is 43.9 Å². The molecule has 0 unspecified atom stereocenters. The summed E-state index contributed by atoms with van der Waals surface area (Å²) in [6.45, 7) is 7.50. The molecule has 6 heteroatoms. The maximum absolute atomic E-state index is 7.50. The number of fused-ring (bicyclic) bond motifs is 6. The van der Waals surface area contributed by atoms with Gasteiger partial charge in [0.05, 0.1) is 34.3 Å². The highest BCUT2D eigenvalue weighted by Crippen LogP contribution is 2.41. The largest absolute Gasteiger partial charge is 0.309 e. The molecule has 12 rings (SSSR count). The maximum atomic E-state index is 7.50. The minimum Gasteiger partial charge on any atom is -0.309 e. The van der Waals surface area contributed by atoms with Crippen LogP contribution in [-0.2, 0) is 0 Å². The van der Waals surface area contributed by atoms with E-state index >= 15 is 0 Å². The minimum absolute atomic E-state index is 0.572. The lowest BCUT2D eigenvalue weighted by atomic mass is 9.99. The molecule has 0 fully saturated rings. The summed E-state index contributed by atoms with van der Waals surface area (Å²) in [5, 5.41) is 4.66. The van der Waals surface area contributed by atoms with Crippen LogP contribution in [0.4, 0.5) is 5.69 Å². The number of benzene rings is 9. The van der Waals surface area contributed by atoms with Crippen molar-refractivity contribution in [3.8, 4) is 67.8 Å². The Hall–Kier alpha value is -8.92. The van der Waals surface area contributed by atoms with Gasteiger partial charge in [-0.2, -0.15) is 0 Å². The molecule has 0 amide bonds. The van der Waals surface area contributed by atoms with Gasteiger partial charge in [-0.25, -0.2) is 19.8 Å². The van der Waals surface area contributed by atoms with Crippen molar-refractivity contribution < 1.29 is 0 Å². The Labute approximate surface area is 369 Å². The number of nitrogens with zero attached hydrogens (tertiary/aromatic N) is 6. The van der Waals surface area contributed by atoms with Crippen LogP contribution in [0.25, 0.3) is 116 Å². The van der Waals surface area contributed by atoms with E-state index in [2.05, 4.69) is 147 Å². The van der Waals surface area contributed by atoms with Crippen LogP contribution in [-0.4, -0.2) is 24.1 Å². The van der Waals surface area contributed by atoms with E-state index in [1.165, 1.54) is 10.8 Å². The van der Waals surface area contributed by atoms with Crippen LogP contribution in [0, 0.1) is 6.57 Å². The molecule has 0 aliphatic carbocycles. The first-order chi connectivity index (χ1) is 31.7. The smallest absolute Gasteiger partial charge is 0.187 e. The Morgan fingerprint density at radius 2 is 0.812 bits per heavy atom. The summed E-state index contributed by atoms with van der Waals surface area (Å²) in [6.07, 6.45) is 0. The predicted molar refractivity (Wildman–Crippen MR) is 262 cm³/mol. The van der Waals surface area contributed by atoms with Crippen molar-refractivity contribution in [2.45, 2.75) is 0 Å². The molecule has 0 spiro atoms. The SMILES string of the molecule is [C-]#[N+]c1ccc(-c2ccc3c4ccccc4n(-c4ccc(-c5ccc6c(c5)c5ccccc5n6-c5ccccc5)cc4-c4nc(-c5ccccc5)nc(-c5ccccc5)n4)c3c2)cc1. The third-order valence-corrected chi connectivity index (χ3v) is 12.2. The van der Waals surface area contributed by atoms with Gasteiger partial charge in [-0.05, 0) is 76.9 Å². The van der Waals surface area contributed by atoms with Crippen molar-refractivity contribution in [3.63, 3.8) is 0 Å². The quantitative estimate of drug-likeness (QED) is 0.151. The first-order valence-corrected chi connectivity index (χ1v) is 21.3. The van der Waals surface area contributed by atoms with Crippen LogP contribution in [0.3, 0.4) is 0 Å². The summed E-state index contributed by atoms with van der Waals surface area (Å²) in [5.74, 6) is 1.77. The molecule has 6 nitrogen and oxygen atoms in total. The molecule has 3 aromatic heterocycles. The third kappa shape index (κ3) is 6.22. The highest BCUT2D eigenvalue weighted by atomic mass is 15.1. The Bertz CT molecular complexity index is 3710. The molecule has 12 aromatic rings. The Kier molecular flexibility index (Phi) is 8.77. The average molecular weight is 817 g/mol. The van der Waals surface area contributed by atoms with Gasteiger partial charge >= 0.3 is 0 Å². The monoisotopic (exact) mass is 816 g/mol. The number of para-hydroxylation sites is 3. The van der Waals surface area contributed by atoms with E-state index in [1.54, 1.807) is 0 Å². The molecule has 9 aromatic carbocycles. The van der Waals surface area contributed by atoms with Gasteiger partial charge in [0.25, 0.3) is 0 Å². The van der Waals surface area contributed by atoms with Crippen LogP contribution < -0.4 is 0 Å². The van der Waals surface area contributed by atoms with E-state index in [4.69, 9.17) is 21.5 Å². The summed E-state index contributed by atoms with van der Waals surface area (Å²) in [4.78, 5) is 19.3. The lowest BCUT2D eigenvalue weighted by Crippen LogP contribution is -2.04. The van der Waals surface area contributed by atoms with E-state index in [-0.39, 0.29) is 0 Å². The van der Waals surface area contributed by atoms with Crippen LogP contribution in [0.15, 0.2) is 218 Å². The summed E-state index contributed by atoms with van der Waals surface area (Å²) in [6, 6.07) is 76.0. The van der Waals surface area contributed by atoms with E-state index in [0.29, 0.717) is 23.2 Å². The fourth-order valence-electron chi connectivity index (χ4n) is 9.16. The highest BCUT2D eigenvalue weighted by molar-refractivity contribution is 6.12. The molecule has 0 N–H and O–H groups in total. The van der Waals surface area contributed by atoms with Crippen molar-refractivity contribution in [2.24, 2.45) is 0 Å². The molecule has 0 saturated heterocycles. The van der Waals surface area contributed by atoms with E-state index < -0.39 is 0 Å². The third-order valence-electron chi connectivity index (χ3n) is 12.2. The number of aromatic nitrogens is 5. The van der Waals surface area contributed by atoms with Gasteiger partial charge < -0.3 is 9.13 Å². The van der Waals surface area contributed by atoms with Gasteiger partial charge in [-0.3, -0.25) is 0 Å². The van der Waals surface area contributed by atoms with Gasteiger partial charge in [-0.15, -0.1) is 0 Å². The summed E-state index contributed by atoms with van der Waals surface area (Å²) < 4.78 is 4.70. The lowest BCUT2D eigenvalue weighted by Gasteiger charge is -2.17. The zero-order valence-corrected chi connectivity index (χ0v) is 34.5. The number of hydrogen-bond acceptors (Lipinski definition) is 3. The molecular formula is C58H36N6. The Morgan fingerprint density at radius 1 is 0.328 bits per heavy atom. The average Bonchev–Trinajstić information content (AvgIpc) is 3.89. The second-order valence-electron chi connectivity index (χ2n) is 15.9. The Morgan fingerprint density at radius 3 is 1.48 bits per heavy atom. The van der Waals surface area contributed by atoms with Crippen molar-refractivity contribution in [1.82, 2.24) is 24.1 Å². The van der Waals surface area contributed by atoms with E-state index in [0.717, 1.165) is 83.2 Å². The second kappa shape index (κ2) is 15.2. The van der Waals surface area contributed by atoms with Crippen LogP contribution in [0.2, 0.25) is 0 Å². The van der Waals surface area contributed by atoms with Crippen molar-refractivity contribution in [2.75, 3.05) is 0 Å². The van der Waals surface area contributed by atoms with Gasteiger partial charge in [0.1, 0.15) is 0 Å². The first kappa shape index (κ1) is 36.9. The molecule has 0 bridgehead atoms. The highest BCUT2D eigenvalue weighted by Gasteiger charge is 2.22. The molecule has 0 radical (unpaired) electrons. The van der Waals surface area contributed by atoms with Gasteiger partial charge in [0.2, 0.25) is 0 Å². The molecule has 0 aliphatic heterocycles. The topological polar surface area (TPSA) is 52.9 Å². The fourth-order valence-corrected chi connectivity index (χ4v) is 9.16. The zero-order valence-electron chi connectivity index (χ0n) is 34.5. The predicted octanol–water partition coefficient (Wildman–Crippen LogP) is 15.0. The lowest BCUT2D eigenvalue weighted by molar-refractivity contribution is 1.06. The molecule has 3 heterocycles. The number of rotatable bonds is 7. The molecule has 0 saturated carbocycles. The normalized spacial score (nSPS) is 11.4. The van der Waals surface area contributed by atoms with Crippen molar-refractivity contribution in [1.29, 1.82) is 0 Å². The van der Waals surface area contributed by atoms with Crippen molar-refractivity contribution in [3.05, 3.63) is 230 Å². The summed E-state index contributed by atoms with van der Waals surface area (Å²) >= 11 is 0. The van der Waals surface area contributed by atoms with Crippen LogP contribution >= 0.6 is 0 Å². The summed E-state index contributed by atoms with van der Waals surface area (Å²) in [5.41, 5.74) is 14.1. The maximum Gasteiger partial charge on any atom is 0.187 e. The number of hydrogen-bond donors (Lipinski definition) is 0. The van der Waals surface area contributed by atoms with Crippen LogP contribution in [0.5, 0.6) is 0 Å². The minimum atomic E-state index is 0.572. The zero-order chi connectivity index (χ0) is 42.6. The molecule has 64 heavy (non-hydrogen) atoms. The molecule has 298 valence electrons. The molecule has 0 aliphatic rings. The van der Waals surface area contributed by atoms with Crippen molar-refractivity contribution >= 4 is 49.3 Å². The van der Waals surface area contributed by atoms with E-state index in [1.807, 2.05) is 84.9 Å². The fraction of sp³-hybridized carbons (Fsp3) is 0. The van der Waals surface area contributed by atoms with Gasteiger partial charge in [-0.1, -0.05) is 164 Å². The van der Waals surface area contributed by atoms with Crippen LogP contribution in [0.1, 0.15) is 0 Å².